The molecular weight excluding hydrogens is 299 g/mol. The lowest BCUT2D eigenvalue weighted by Crippen LogP contribution is -2.45. The van der Waals surface area contributed by atoms with Crippen molar-refractivity contribution in [2.75, 3.05) is 32.8 Å². The molecule has 0 bridgehead atoms. The van der Waals surface area contributed by atoms with E-state index in [1.54, 1.807) is 21.9 Å². The fourth-order valence-corrected chi connectivity index (χ4v) is 3.23. The number of benzene rings is 1. The van der Waals surface area contributed by atoms with Gasteiger partial charge in [0.2, 0.25) is 11.8 Å². The molecular formula is C17H21FN2O3. The van der Waals surface area contributed by atoms with Crippen molar-refractivity contribution >= 4 is 11.8 Å². The molecule has 2 amide bonds. The Labute approximate surface area is 135 Å². The largest absolute Gasteiger partial charge is 0.370 e. The van der Waals surface area contributed by atoms with Gasteiger partial charge in [0.15, 0.2) is 0 Å². The zero-order valence-corrected chi connectivity index (χ0v) is 13.2. The number of hydrogen-bond donors (Lipinski definition) is 0. The van der Waals surface area contributed by atoms with Crippen LogP contribution in [0.25, 0.3) is 0 Å². The zero-order valence-electron chi connectivity index (χ0n) is 13.2. The van der Waals surface area contributed by atoms with Crippen LogP contribution in [0.15, 0.2) is 24.3 Å². The number of hydrogen-bond acceptors (Lipinski definition) is 3. The molecule has 0 N–H and O–H groups in total. The van der Waals surface area contributed by atoms with E-state index in [1.165, 1.54) is 12.1 Å². The molecule has 0 saturated carbocycles. The van der Waals surface area contributed by atoms with E-state index in [0.29, 0.717) is 39.2 Å². The molecule has 0 spiro atoms. The first-order valence-corrected chi connectivity index (χ1v) is 8.02. The van der Waals surface area contributed by atoms with Gasteiger partial charge in [-0.2, -0.15) is 0 Å². The second-order valence-corrected chi connectivity index (χ2v) is 6.03. The Morgan fingerprint density at radius 2 is 2.04 bits per heavy atom. The van der Waals surface area contributed by atoms with Crippen molar-refractivity contribution in [1.82, 2.24) is 9.80 Å². The highest BCUT2D eigenvalue weighted by atomic mass is 19.1. The standard InChI is InChI=1S/C17H21FN2O3/c1-2-19-10-13(9-16(19)21)17(22)20-7-8-23-15(11-20)12-3-5-14(18)6-4-12/h3-6,13,15H,2,7-11H2,1H3/t13-,15-/m1/s1. The molecule has 0 radical (unpaired) electrons. The van der Waals surface area contributed by atoms with Crippen LogP contribution < -0.4 is 0 Å². The predicted octanol–water partition coefficient (Wildman–Crippen LogP) is 1.59. The first-order chi connectivity index (χ1) is 11.1. The summed E-state index contributed by atoms with van der Waals surface area (Å²) in [7, 11) is 0. The Kier molecular flexibility index (Phi) is 4.61. The number of likely N-dealkylation sites (tertiary alicyclic amines) is 1. The molecule has 0 unspecified atom stereocenters. The van der Waals surface area contributed by atoms with Crippen molar-refractivity contribution in [2.45, 2.75) is 19.4 Å². The van der Waals surface area contributed by atoms with Gasteiger partial charge in [0.1, 0.15) is 11.9 Å². The number of nitrogens with zero attached hydrogens (tertiary/aromatic N) is 2. The van der Waals surface area contributed by atoms with Gasteiger partial charge in [-0.3, -0.25) is 9.59 Å². The summed E-state index contributed by atoms with van der Waals surface area (Å²) in [4.78, 5) is 28.0. The lowest BCUT2D eigenvalue weighted by Gasteiger charge is -2.34. The van der Waals surface area contributed by atoms with Gasteiger partial charge in [-0.05, 0) is 24.6 Å². The maximum Gasteiger partial charge on any atom is 0.228 e. The average molecular weight is 320 g/mol. The van der Waals surface area contributed by atoms with Gasteiger partial charge in [0, 0.05) is 26.1 Å². The van der Waals surface area contributed by atoms with Crippen molar-refractivity contribution < 1.29 is 18.7 Å². The number of amides is 2. The van der Waals surface area contributed by atoms with Gasteiger partial charge in [0.25, 0.3) is 0 Å². The Morgan fingerprint density at radius 3 is 2.70 bits per heavy atom. The van der Waals surface area contributed by atoms with E-state index in [2.05, 4.69) is 0 Å². The molecule has 2 atom stereocenters. The zero-order chi connectivity index (χ0) is 16.4. The minimum absolute atomic E-state index is 0.0183. The molecule has 1 aromatic carbocycles. The van der Waals surface area contributed by atoms with E-state index in [9.17, 15) is 14.0 Å². The fourth-order valence-electron chi connectivity index (χ4n) is 3.23. The number of ether oxygens (including phenoxy) is 1. The molecule has 2 saturated heterocycles. The van der Waals surface area contributed by atoms with E-state index >= 15 is 0 Å². The molecule has 2 fully saturated rings. The van der Waals surface area contributed by atoms with E-state index < -0.39 is 0 Å². The summed E-state index contributed by atoms with van der Waals surface area (Å²) >= 11 is 0. The summed E-state index contributed by atoms with van der Waals surface area (Å²) in [5.74, 6) is -0.477. The number of carbonyl (C=O) groups is 2. The van der Waals surface area contributed by atoms with Gasteiger partial charge in [0.05, 0.1) is 19.1 Å². The maximum atomic E-state index is 13.0. The SMILES string of the molecule is CCN1C[C@H](C(=O)N2CCO[C@@H](c3ccc(F)cc3)C2)CC1=O. The third-order valence-electron chi connectivity index (χ3n) is 4.57. The third kappa shape index (κ3) is 3.37. The Hall–Kier alpha value is -1.95. The second kappa shape index (κ2) is 6.66. The lowest BCUT2D eigenvalue weighted by molar-refractivity contribution is -0.143. The van der Waals surface area contributed by atoms with Crippen LogP contribution in [0.4, 0.5) is 4.39 Å². The van der Waals surface area contributed by atoms with Crippen molar-refractivity contribution in [1.29, 1.82) is 0 Å². The van der Waals surface area contributed by atoms with E-state index in [0.717, 1.165) is 5.56 Å². The monoisotopic (exact) mass is 320 g/mol. The van der Waals surface area contributed by atoms with Gasteiger partial charge in [-0.15, -0.1) is 0 Å². The molecule has 2 aliphatic rings. The molecule has 124 valence electrons. The topological polar surface area (TPSA) is 49.9 Å². The highest BCUT2D eigenvalue weighted by Gasteiger charge is 2.37. The fraction of sp³-hybridized carbons (Fsp3) is 0.529. The smallest absolute Gasteiger partial charge is 0.228 e. The highest BCUT2D eigenvalue weighted by Crippen LogP contribution is 2.26. The Morgan fingerprint density at radius 1 is 1.30 bits per heavy atom. The molecule has 0 aliphatic carbocycles. The van der Waals surface area contributed by atoms with Crippen LogP contribution in [0.1, 0.15) is 25.0 Å². The van der Waals surface area contributed by atoms with E-state index in [1.807, 2.05) is 6.92 Å². The Balaban J connectivity index is 1.65. The van der Waals surface area contributed by atoms with Crippen LogP contribution in [-0.2, 0) is 14.3 Å². The number of morpholine rings is 1. The number of halogens is 1. The van der Waals surface area contributed by atoms with Gasteiger partial charge >= 0.3 is 0 Å². The molecule has 3 rings (SSSR count). The number of carbonyl (C=O) groups excluding carboxylic acids is 2. The summed E-state index contributed by atoms with van der Waals surface area (Å²) in [6.07, 6.45) is 0.0540. The summed E-state index contributed by atoms with van der Waals surface area (Å²) < 4.78 is 18.7. The predicted molar refractivity (Wildman–Crippen MR) is 82.0 cm³/mol. The molecule has 23 heavy (non-hydrogen) atoms. The van der Waals surface area contributed by atoms with E-state index in [4.69, 9.17) is 4.74 Å². The van der Waals surface area contributed by atoms with Crippen LogP contribution in [-0.4, -0.2) is 54.4 Å². The lowest BCUT2D eigenvalue weighted by atomic mass is 10.0. The molecule has 2 aliphatic heterocycles. The van der Waals surface area contributed by atoms with Crippen molar-refractivity contribution in [3.8, 4) is 0 Å². The van der Waals surface area contributed by atoms with Crippen LogP contribution in [0.5, 0.6) is 0 Å². The molecule has 1 aromatic rings. The molecule has 6 heteroatoms. The van der Waals surface area contributed by atoms with Crippen LogP contribution in [0, 0.1) is 11.7 Å². The Bertz CT molecular complexity index is 590. The van der Waals surface area contributed by atoms with E-state index in [-0.39, 0.29) is 29.7 Å². The molecule has 0 aromatic heterocycles. The van der Waals surface area contributed by atoms with Gasteiger partial charge in [-0.1, -0.05) is 12.1 Å². The summed E-state index contributed by atoms with van der Waals surface area (Å²) in [5, 5.41) is 0. The molecule has 5 nitrogen and oxygen atoms in total. The summed E-state index contributed by atoms with van der Waals surface area (Å²) in [6, 6.07) is 6.17. The minimum atomic E-state index is -0.290. The maximum absolute atomic E-state index is 13.0. The average Bonchev–Trinajstić information content (AvgIpc) is 2.96. The normalized spacial score (nSPS) is 25.0. The number of rotatable bonds is 3. The van der Waals surface area contributed by atoms with Crippen LogP contribution >= 0.6 is 0 Å². The summed E-state index contributed by atoms with van der Waals surface area (Å²) in [6.45, 7) is 4.50. The molecule has 2 heterocycles. The first kappa shape index (κ1) is 15.9. The van der Waals surface area contributed by atoms with Crippen molar-refractivity contribution in [3.63, 3.8) is 0 Å². The second-order valence-electron chi connectivity index (χ2n) is 6.03. The first-order valence-electron chi connectivity index (χ1n) is 8.02. The van der Waals surface area contributed by atoms with Crippen LogP contribution in [0.2, 0.25) is 0 Å². The van der Waals surface area contributed by atoms with Gasteiger partial charge < -0.3 is 14.5 Å². The summed E-state index contributed by atoms with van der Waals surface area (Å²) in [5.41, 5.74) is 0.863. The minimum Gasteiger partial charge on any atom is -0.370 e. The third-order valence-corrected chi connectivity index (χ3v) is 4.57. The quantitative estimate of drug-likeness (QED) is 0.850. The van der Waals surface area contributed by atoms with Gasteiger partial charge in [-0.25, -0.2) is 4.39 Å². The van der Waals surface area contributed by atoms with Crippen LogP contribution in [0.3, 0.4) is 0 Å². The van der Waals surface area contributed by atoms with Crippen molar-refractivity contribution in [3.05, 3.63) is 35.6 Å². The highest BCUT2D eigenvalue weighted by molar-refractivity contribution is 5.89. The van der Waals surface area contributed by atoms with Crippen molar-refractivity contribution in [2.24, 2.45) is 5.92 Å².